The minimum absolute atomic E-state index is 0.00722. The summed E-state index contributed by atoms with van der Waals surface area (Å²) in [6.45, 7) is 2.95. The number of aromatic nitrogens is 3. The van der Waals surface area contributed by atoms with E-state index in [2.05, 4.69) is 25.2 Å². The molecule has 1 aliphatic heterocycles. The number of ether oxygens (including phenoxy) is 2. The molecule has 1 aliphatic rings. The Morgan fingerprint density at radius 3 is 2.54 bits per heavy atom. The van der Waals surface area contributed by atoms with Crippen LogP contribution in [0.1, 0.15) is 29.8 Å². The van der Waals surface area contributed by atoms with Crippen molar-refractivity contribution in [1.29, 1.82) is 0 Å². The van der Waals surface area contributed by atoms with E-state index in [4.69, 9.17) is 4.74 Å². The molecule has 3 aromatic rings. The largest absolute Gasteiger partial charge is 0.480 e. The Kier molecular flexibility index (Phi) is 7.47. The molecule has 13 heteroatoms. The van der Waals surface area contributed by atoms with Gasteiger partial charge in [0, 0.05) is 31.1 Å². The molecule has 0 aliphatic carbocycles. The maximum atomic E-state index is 15.2. The number of halogens is 3. The highest BCUT2D eigenvalue weighted by atomic mass is 32.2. The molecule has 0 amide bonds. The molecule has 1 fully saturated rings. The van der Waals surface area contributed by atoms with Crippen molar-refractivity contribution in [1.82, 2.24) is 15.2 Å². The minimum atomic E-state index is -3.50. The van der Waals surface area contributed by atoms with Gasteiger partial charge in [-0.1, -0.05) is 12.1 Å². The fourth-order valence-corrected chi connectivity index (χ4v) is 5.51. The van der Waals surface area contributed by atoms with Gasteiger partial charge in [0.15, 0.2) is 15.7 Å². The van der Waals surface area contributed by atoms with Crippen LogP contribution in [0.2, 0.25) is 0 Å². The van der Waals surface area contributed by atoms with Crippen LogP contribution in [-0.2, 0) is 20.5 Å². The van der Waals surface area contributed by atoms with Gasteiger partial charge in [0.2, 0.25) is 5.88 Å². The van der Waals surface area contributed by atoms with Crippen molar-refractivity contribution in [3.05, 3.63) is 46.9 Å². The van der Waals surface area contributed by atoms with Crippen molar-refractivity contribution in [2.45, 2.75) is 25.8 Å². The Morgan fingerprint density at radius 2 is 1.89 bits per heavy atom. The first-order valence-corrected chi connectivity index (χ1v) is 13.4. The lowest BCUT2D eigenvalue weighted by Crippen LogP contribution is -2.40. The molecule has 0 saturated carbocycles. The lowest BCUT2D eigenvalue weighted by molar-refractivity contribution is -0.0722. The molecule has 200 valence electrons. The molecule has 0 bridgehead atoms. The second-order valence-corrected chi connectivity index (χ2v) is 11.2. The number of aryl methyl sites for hydroxylation is 1. The van der Waals surface area contributed by atoms with Crippen LogP contribution in [0.3, 0.4) is 0 Å². The van der Waals surface area contributed by atoms with Gasteiger partial charge in [-0.3, -0.25) is 0 Å². The summed E-state index contributed by atoms with van der Waals surface area (Å²) in [6.07, 6.45) is 0. The second kappa shape index (κ2) is 10.3. The average Bonchev–Trinajstić information content (AvgIpc) is 2.85. The quantitative estimate of drug-likeness (QED) is 0.459. The van der Waals surface area contributed by atoms with Gasteiger partial charge in [0.25, 0.3) is 5.92 Å². The molecule has 2 aromatic heterocycles. The molecule has 1 saturated heterocycles. The number of rotatable bonds is 8. The molecular weight excluding hydrogens is 511 g/mol. The summed E-state index contributed by atoms with van der Waals surface area (Å²) in [5.41, 5.74) is 0.851. The number of nitrogens with one attached hydrogen (secondary N) is 1. The van der Waals surface area contributed by atoms with Crippen LogP contribution < -0.4 is 15.0 Å². The average molecular weight is 540 g/mol. The van der Waals surface area contributed by atoms with E-state index < -0.39 is 39.8 Å². The van der Waals surface area contributed by atoms with E-state index in [1.54, 1.807) is 19.9 Å². The third kappa shape index (κ3) is 5.42. The Morgan fingerprint density at radius 1 is 1.19 bits per heavy atom. The van der Waals surface area contributed by atoms with Gasteiger partial charge in [0.1, 0.15) is 23.6 Å². The van der Waals surface area contributed by atoms with Crippen molar-refractivity contribution in [3.63, 3.8) is 0 Å². The topological polar surface area (TPSA) is 107 Å². The second-order valence-electron chi connectivity index (χ2n) is 8.90. The first kappa shape index (κ1) is 26.9. The molecule has 37 heavy (non-hydrogen) atoms. The summed E-state index contributed by atoms with van der Waals surface area (Å²) in [6, 6.07) is 4.83. The van der Waals surface area contributed by atoms with Crippen molar-refractivity contribution in [2.24, 2.45) is 0 Å². The summed E-state index contributed by atoms with van der Waals surface area (Å²) in [5.74, 6) is -3.95. The van der Waals surface area contributed by atoms with E-state index in [9.17, 15) is 17.2 Å². The lowest BCUT2D eigenvalue weighted by Gasteiger charge is -2.30. The summed E-state index contributed by atoms with van der Waals surface area (Å²) in [5, 5.41) is 12.0. The monoisotopic (exact) mass is 539 g/mol. The maximum absolute atomic E-state index is 15.2. The molecule has 1 aromatic carbocycles. The van der Waals surface area contributed by atoms with Crippen molar-refractivity contribution < 1.29 is 31.1 Å². The first-order chi connectivity index (χ1) is 17.5. The zero-order valence-electron chi connectivity index (χ0n) is 20.9. The molecule has 1 atom stereocenters. The van der Waals surface area contributed by atoms with E-state index in [0.717, 1.165) is 13.2 Å². The van der Waals surface area contributed by atoms with E-state index in [1.807, 2.05) is 4.90 Å². The van der Waals surface area contributed by atoms with Crippen molar-refractivity contribution in [3.8, 4) is 5.88 Å². The zero-order valence-corrected chi connectivity index (χ0v) is 21.7. The van der Waals surface area contributed by atoms with E-state index in [-0.39, 0.29) is 36.0 Å². The zero-order chi connectivity index (χ0) is 27.0. The molecule has 1 N–H and O–H groups in total. The standard InChI is InChI=1S/C24H28F3N5O4S/c1-14(16-6-5-7-18(20(16)25)24(26,27)13-35-3)28-22-17-12-19(32-8-10-37(33,34)11-9-32)23(36-4)29-21(17)15(2)30-31-22/h5-7,12,14H,8-11,13H2,1-4H3,(H,28,31)/t14-/m1/s1. The summed E-state index contributed by atoms with van der Waals surface area (Å²) in [7, 11) is -0.506. The smallest absolute Gasteiger partial charge is 0.298 e. The molecule has 0 radical (unpaired) electrons. The van der Waals surface area contributed by atoms with Crippen LogP contribution in [0, 0.1) is 12.7 Å². The maximum Gasteiger partial charge on any atom is 0.298 e. The van der Waals surface area contributed by atoms with Crippen LogP contribution in [0.4, 0.5) is 24.7 Å². The third-order valence-corrected chi connectivity index (χ3v) is 7.92. The van der Waals surface area contributed by atoms with E-state index in [0.29, 0.717) is 28.2 Å². The van der Waals surface area contributed by atoms with Crippen LogP contribution in [-0.4, -0.2) is 69.0 Å². The van der Waals surface area contributed by atoms with Gasteiger partial charge in [-0.05, 0) is 26.0 Å². The van der Waals surface area contributed by atoms with Gasteiger partial charge in [-0.15, -0.1) is 5.10 Å². The van der Waals surface area contributed by atoms with Gasteiger partial charge in [-0.25, -0.2) is 17.8 Å². The summed E-state index contributed by atoms with van der Waals surface area (Å²) in [4.78, 5) is 6.46. The third-order valence-electron chi connectivity index (χ3n) is 6.31. The van der Waals surface area contributed by atoms with Gasteiger partial charge >= 0.3 is 0 Å². The highest BCUT2D eigenvalue weighted by Gasteiger charge is 2.36. The Balaban J connectivity index is 1.73. The Hall–Kier alpha value is -3.19. The number of hydrogen-bond donors (Lipinski definition) is 1. The number of anilines is 2. The van der Waals surface area contributed by atoms with Crippen molar-refractivity contribution >= 4 is 32.2 Å². The Bertz CT molecular complexity index is 1410. The summed E-state index contributed by atoms with van der Waals surface area (Å²) < 4.78 is 77.9. The molecule has 4 rings (SSSR count). The number of benzene rings is 1. The molecule has 0 unspecified atom stereocenters. The number of methoxy groups -OCH3 is 2. The van der Waals surface area contributed by atoms with Crippen LogP contribution >= 0.6 is 0 Å². The molecule has 0 spiro atoms. The predicted molar refractivity (Wildman–Crippen MR) is 134 cm³/mol. The van der Waals surface area contributed by atoms with Crippen LogP contribution in [0.25, 0.3) is 10.9 Å². The number of nitrogens with zero attached hydrogens (tertiary/aromatic N) is 4. The number of alkyl halides is 2. The number of fused-ring (bicyclic) bond motifs is 1. The van der Waals surface area contributed by atoms with Gasteiger partial charge in [0.05, 0.1) is 35.9 Å². The highest BCUT2D eigenvalue weighted by molar-refractivity contribution is 7.91. The number of sulfone groups is 1. The first-order valence-electron chi connectivity index (χ1n) is 11.6. The highest BCUT2D eigenvalue weighted by Crippen LogP contribution is 2.37. The van der Waals surface area contributed by atoms with Crippen LogP contribution in [0.5, 0.6) is 5.88 Å². The lowest BCUT2D eigenvalue weighted by atomic mass is 10.00. The van der Waals surface area contributed by atoms with Crippen molar-refractivity contribution in [2.75, 3.05) is 55.6 Å². The fourth-order valence-electron chi connectivity index (χ4n) is 4.31. The van der Waals surface area contributed by atoms with Gasteiger partial charge < -0.3 is 19.7 Å². The van der Waals surface area contributed by atoms with E-state index in [1.165, 1.54) is 19.2 Å². The normalized spacial score (nSPS) is 16.6. The SMILES string of the molecule is COCC(F)(F)c1cccc([C@@H](C)Nc2nnc(C)c3nc(OC)c(N4CCS(=O)(=O)CC4)cc23)c1F. The minimum Gasteiger partial charge on any atom is -0.480 e. The number of hydrogen-bond acceptors (Lipinski definition) is 9. The van der Waals surface area contributed by atoms with Gasteiger partial charge in [-0.2, -0.15) is 13.9 Å². The van der Waals surface area contributed by atoms with E-state index >= 15 is 4.39 Å². The fraction of sp³-hybridized carbons (Fsp3) is 0.458. The Labute approximate surface area is 212 Å². The molecule has 9 nitrogen and oxygen atoms in total. The number of pyridine rings is 1. The predicted octanol–water partition coefficient (Wildman–Crippen LogP) is 3.63. The molecule has 3 heterocycles. The van der Waals surface area contributed by atoms with Crippen LogP contribution in [0.15, 0.2) is 24.3 Å². The summed E-state index contributed by atoms with van der Waals surface area (Å²) >= 11 is 0. The molecular formula is C24H28F3N5O4S.